The molecule has 0 saturated carbocycles. The molecule has 0 spiro atoms. The van der Waals surface area contributed by atoms with E-state index in [1.807, 2.05) is 11.0 Å². The summed E-state index contributed by atoms with van der Waals surface area (Å²) in [7, 11) is 0. The van der Waals surface area contributed by atoms with Gasteiger partial charge in [-0.1, -0.05) is 6.92 Å². The predicted molar refractivity (Wildman–Crippen MR) is 74.5 cm³/mol. The van der Waals surface area contributed by atoms with E-state index in [9.17, 15) is 4.79 Å². The summed E-state index contributed by atoms with van der Waals surface area (Å²) in [5.41, 5.74) is 0.662. The normalized spacial score (nSPS) is 21.1. The highest BCUT2D eigenvalue weighted by Crippen LogP contribution is 2.13. The van der Waals surface area contributed by atoms with Gasteiger partial charge in [0.15, 0.2) is 0 Å². The number of aromatic nitrogens is 1. The summed E-state index contributed by atoms with van der Waals surface area (Å²) in [6.07, 6.45) is 1.63. The third kappa shape index (κ3) is 2.90. The number of hydrogen-bond acceptors (Lipinski definition) is 3. The summed E-state index contributed by atoms with van der Waals surface area (Å²) < 4.78 is 0.753. The molecule has 1 fully saturated rings. The fraction of sp³-hybridized carbons (Fsp3) is 0.538. The van der Waals surface area contributed by atoms with E-state index in [0.29, 0.717) is 11.6 Å². The lowest BCUT2D eigenvalue weighted by Crippen LogP contribution is -2.53. The maximum atomic E-state index is 12.3. The topological polar surface area (TPSA) is 36.4 Å². The highest BCUT2D eigenvalue weighted by Gasteiger charge is 2.26. The summed E-state index contributed by atoms with van der Waals surface area (Å²) in [4.78, 5) is 20.7. The number of halogens is 1. The first-order chi connectivity index (χ1) is 8.61. The highest BCUT2D eigenvalue weighted by atomic mass is 79.9. The Bertz CT molecular complexity index is 421. The first kappa shape index (κ1) is 13.5. The van der Waals surface area contributed by atoms with Crippen LogP contribution < -0.4 is 0 Å². The molecular weight excluding hydrogens is 294 g/mol. The van der Waals surface area contributed by atoms with Crippen molar-refractivity contribution in [1.82, 2.24) is 14.8 Å². The van der Waals surface area contributed by atoms with E-state index >= 15 is 0 Å². The average Bonchev–Trinajstić information content (AvgIpc) is 2.38. The van der Waals surface area contributed by atoms with Crippen LogP contribution in [0.4, 0.5) is 0 Å². The second-order valence-electron chi connectivity index (χ2n) is 4.60. The van der Waals surface area contributed by atoms with Crippen LogP contribution in [0.15, 0.2) is 22.9 Å². The van der Waals surface area contributed by atoms with Crippen molar-refractivity contribution < 1.29 is 4.79 Å². The van der Waals surface area contributed by atoms with Gasteiger partial charge in [-0.25, -0.2) is 4.98 Å². The Morgan fingerprint density at radius 1 is 1.50 bits per heavy atom. The maximum Gasteiger partial charge on any atom is 0.255 e. The van der Waals surface area contributed by atoms with Gasteiger partial charge in [-0.05, 0) is 41.5 Å². The molecule has 4 nitrogen and oxygen atoms in total. The molecule has 1 saturated heterocycles. The number of rotatable bonds is 2. The van der Waals surface area contributed by atoms with Gasteiger partial charge in [-0.15, -0.1) is 0 Å². The molecule has 1 unspecified atom stereocenters. The predicted octanol–water partition coefficient (Wildman–Crippen LogP) is 2.01. The van der Waals surface area contributed by atoms with Crippen molar-refractivity contribution >= 4 is 21.8 Å². The van der Waals surface area contributed by atoms with Gasteiger partial charge in [-0.3, -0.25) is 9.69 Å². The SMILES string of the molecule is CCN1CCN(C(=O)c2ccc(Br)nc2)CC1C. The zero-order valence-electron chi connectivity index (χ0n) is 10.8. The molecule has 0 bridgehead atoms. The Morgan fingerprint density at radius 2 is 2.28 bits per heavy atom. The van der Waals surface area contributed by atoms with Gasteiger partial charge in [-0.2, -0.15) is 0 Å². The van der Waals surface area contributed by atoms with Crippen LogP contribution in [0.3, 0.4) is 0 Å². The lowest BCUT2D eigenvalue weighted by molar-refractivity contribution is 0.0528. The number of likely N-dealkylation sites (N-methyl/N-ethyl adjacent to an activating group) is 1. The molecule has 1 aromatic heterocycles. The minimum absolute atomic E-state index is 0.0811. The van der Waals surface area contributed by atoms with Gasteiger partial charge in [0.25, 0.3) is 5.91 Å². The van der Waals surface area contributed by atoms with Crippen LogP contribution >= 0.6 is 15.9 Å². The minimum Gasteiger partial charge on any atom is -0.336 e. The number of nitrogens with zero attached hydrogens (tertiary/aromatic N) is 3. The molecule has 1 aliphatic heterocycles. The molecule has 1 aliphatic rings. The molecular formula is C13H18BrN3O. The molecule has 5 heteroatoms. The third-order valence-electron chi connectivity index (χ3n) is 3.43. The van der Waals surface area contributed by atoms with Crippen LogP contribution in [0.1, 0.15) is 24.2 Å². The van der Waals surface area contributed by atoms with E-state index in [1.165, 1.54) is 0 Å². The van der Waals surface area contributed by atoms with Crippen LogP contribution in [-0.4, -0.2) is 52.9 Å². The van der Waals surface area contributed by atoms with Gasteiger partial charge >= 0.3 is 0 Å². The van der Waals surface area contributed by atoms with E-state index in [1.54, 1.807) is 12.3 Å². The molecule has 0 N–H and O–H groups in total. The van der Waals surface area contributed by atoms with Crippen LogP contribution in [-0.2, 0) is 0 Å². The highest BCUT2D eigenvalue weighted by molar-refractivity contribution is 9.10. The van der Waals surface area contributed by atoms with Gasteiger partial charge in [0.05, 0.1) is 5.56 Å². The Morgan fingerprint density at radius 3 is 2.83 bits per heavy atom. The maximum absolute atomic E-state index is 12.3. The smallest absolute Gasteiger partial charge is 0.255 e. The second kappa shape index (κ2) is 5.80. The van der Waals surface area contributed by atoms with Crippen LogP contribution in [0.25, 0.3) is 0 Å². The molecule has 1 aromatic rings. The molecule has 1 amide bonds. The Balaban J connectivity index is 2.04. The molecule has 0 aliphatic carbocycles. The summed E-state index contributed by atoms with van der Waals surface area (Å²) in [5, 5.41) is 0. The van der Waals surface area contributed by atoms with E-state index in [2.05, 4.69) is 39.7 Å². The fourth-order valence-electron chi connectivity index (χ4n) is 2.33. The molecule has 1 atom stereocenters. The zero-order chi connectivity index (χ0) is 13.1. The first-order valence-electron chi connectivity index (χ1n) is 6.26. The first-order valence-corrected chi connectivity index (χ1v) is 7.06. The summed E-state index contributed by atoms with van der Waals surface area (Å²) in [5.74, 6) is 0.0811. The van der Waals surface area contributed by atoms with E-state index < -0.39 is 0 Å². The van der Waals surface area contributed by atoms with Gasteiger partial charge in [0.2, 0.25) is 0 Å². The molecule has 0 aromatic carbocycles. The molecule has 2 rings (SSSR count). The Kier molecular flexibility index (Phi) is 4.35. The monoisotopic (exact) mass is 311 g/mol. The average molecular weight is 312 g/mol. The summed E-state index contributed by atoms with van der Waals surface area (Å²) >= 11 is 3.27. The van der Waals surface area contributed by atoms with Crippen molar-refractivity contribution in [3.8, 4) is 0 Å². The lowest BCUT2D eigenvalue weighted by Gasteiger charge is -2.39. The quantitative estimate of drug-likeness (QED) is 0.784. The Hall–Kier alpha value is -0.940. The van der Waals surface area contributed by atoms with Gasteiger partial charge in [0, 0.05) is 31.9 Å². The van der Waals surface area contributed by atoms with Gasteiger partial charge in [0.1, 0.15) is 4.60 Å². The molecule has 98 valence electrons. The second-order valence-corrected chi connectivity index (χ2v) is 5.41. The summed E-state index contributed by atoms with van der Waals surface area (Å²) in [6.45, 7) is 7.92. The van der Waals surface area contributed by atoms with Crippen molar-refractivity contribution in [2.24, 2.45) is 0 Å². The minimum atomic E-state index is 0.0811. The number of carbonyl (C=O) groups is 1. The van der Waals surface area contributed by atoms with E-state index in [0.717, 1.165) is 30.8 Å². The van der Waals surface area contributed by atoms with Crippen LogP contribution in [0.5, 0.6) is 0 Å². The molecule has 0 radical (unpaired) electrons. The van der Waals surface area contributed by atoms with Crippen molar-refractivity contribution in [2.75, 3.05) is 26.2 Å². The lowest BCUT2D eigenvalue weighted by atomic mass is 10.1. The standard InChI is InChI=1S/C13H18BrN3O/c1-3-16-6-7-17(9-10(16)2)13(18)11-4-5-12(14)15-8-11/h4-5,8,10H,3,6-7,9H2,1-2H3. The number of pyridine rings is 1. The number of piperazine rings is 1. The molecule has 2 heterocycles. The van der Waals surface area contributed by atoms with Crippen LogP contribution in [0, 0.1) is 0 Å². The van der Waals surface area contributed by atoms with Crippen molar-refractivity contribution in [3.63, 3.8) is 0 Å². The number of amides is 1. The molecule has 18 heavy (non-hydrogen) atoms. The van der Waals surface area contributed by atoms with Crippen LogP contribution in [0.2, 0.25) is 0 Å². The number of carbonyl (C=O) groups excluding carboxylic acids is 1. The fourth-order valence-corrected chi connectivity index (χ4v) is 2.57. The van der Waals surface area contributed by atoms with Crippen molar-refractivity contribution in [2.45, 2.75) is 19.9 Å². The third-order valence-corrected chi connectivity index (χ3v) is 3.90. The van der Waals surface area contributed by atoms with E-state index in [4.69, 9.17) is 0 Å². The Labute approximate surface area is 116 Å². The van der Waals surface area contributed by atoms with Crippen molar-refractivity contribution in [1.29, 1.82) is 0 Å². The largest absolute Gasteiger partial charge is 0.336 e. The summed E-state index contributed by atoms with van der Waals surface area (Å²) in [6, 6.07) is 4.05. The van der Waals surface area contributed by atoms with Gasteiger partial charge < -0.3 is 4.90 Å². The van der Waals surface area contributed by atoms with E-state index in [-0.39, 0.29) is 5.91 Å². The number of hydrogen-bond donors (Lipinski definition) is 0. The zero-order valence-corrected chi connectivity index (χ0v) is 12.4. The van der Waals surface area contributed by atoms with Crippen molar-refractivity contribution in [3.05, 3.63) is 28.5 Å².